The van der Waals surface area contributed by atoms with E-state index < -0.39 is 0 Å². The van der Waals surface area contributed by atoms with Crippen LogP contribution in [-0.4, -0.2) is 47.8 Å². The van der Waals surface area contributed by atoms with Gasteiger partial charge in [-0.2, -0.15) is 0 Å². The summed E-state index contributed by atoms with van der Waals surface area (Å²) in [4.78, 5) is 12.5. The summed E-state index contributed by atoms with van der Waals surface area (Å²) in [6.07, 6.45) is 0. The van der Waals surface area contributed by atoms with Crippen LogP contribution in [0.5, 0.6) is 17.2 Å². The minimum atomic E-state index is -0.228. The second-order valence-corrected chi connectivity index (χ2v) is 7.47. The maximum atomic E-state index is 12.5. The van der Waals surface area contributed by atoms with E-state index in [2.05, 4.69) is 15.5 Å². The fourth-order valence-corrected chi connectivity index (χ4v) is 3.67. The van der Waals surface area contributed by atoms with E-state index in [0.717, 1.165) is 11.3 Å². The minimum Gasteiger partial charge on any atom is -0.497 e. The number of aromatic nitrogens is 3. The topological polar surface area (TPSA) is 87.5 Å². The SMILES string of the molecule is COc1cccc(-c2nnc(SCC(=O)Nc3cc(OC)c(Cl)cc3OC)n2C)c1. The Balaban J connectivity index is 1.69. The molecule has 0 saturated carbocycles. The van der Waals surface area contributed by atoms with Crippen molar-refractivity contribution >= 4 is 35.0 Å². The lowest BCUT2D eigenvalue weighted by atomic mass is 10.2. The molecule has 0 unspecified atom stereocenters. The molecule has 158 valence electrons. The number of anilines is 1. The van der Waals surface area contributed by atoms with E-state index >= 15 is 0 Å². The highest BCUT2D eigenvalue weighted by molar-refractivity contribution is 7.99. The second-order valence-electron chi connectivity index (χ2n) is 6.12. The van der Waals surface area contributed by atoms with Gasteiger partial charge in [0.15, 0.2) is 11.0 Å². The third-order valence-corrected chi connectivity index (χ3v) is 5.56. The number of hydrogen-bond acceptors (Lipinski definition) is 7. The highest BCUT2D eigenvalue weighted by atomic mass is 35.5. The van der Waals surface area contributed by atoms with Crippen LogP contribution < -0.4 is 19.5 Å². The average Bonchev–Trinajstić information content (AvgIpc) is 3.13. The van der Waals surface area contributed by atoms with Crippen molar-refractivity contribution in [1.82, 2.24) is 14.8 Å². The largest absolute Gasteiger partial charge is 0.497 e. The smallest absolute Gasteiger partial charge is 0.234 e. The third-order valence-electron chi connectivity index (χ3n) is 4.24. The molecule has 3 aromatic rings. The van der Waals surface area contributed by atoms with Crippen LogP contribution >= 0.6 is 23.4 Å². The van der Waals surface area contributed by atoms with Gasteiger partial charge in [0.2, 0.25) is 5.91 Å². The zero-order valence-electron chi connectivity index (χ0n) is 16.9. The lowest BCUT2D eigenvalue weighted by molar-refractivity contribution is -0.113. The van der Waals surface area contributed by atoms with Crippen molar-refractivity contribution in [3.8, 4) is 28.6 Å². The number of thioether (sulfide) groups is 1. The van der Waals surface area contributed by atoms with Gasteiger partial charge in [-0.25, -0.2) is 0 Å². The molecule has 1 heterocycles. The molecule has 0 saturated heterocycles. The number of benzene rings is 2. The quantitative estimate of drug-likeness (QED) is 0.523. The molecule has 0 spiro atoms. The van der Waals surface area contributed by atoms with Crippen molar-refractivity contribution in [1.29, 1.82) is 0 Å². The number of amides is 1. The normalized spacial score (nSPS) is 10.6. The van der Waals surface area contributed by atoms with Crippen molar-refractivity contribution in [2.75, 3.05) is 32.4 Å². The van der Waals surface area contributed by atoms with Crippen LogP contribution in [0.15, 0.2) is 41.6 Å². The van der Waals surface area contributed by atoms with Gasteiger partial charge in [-0.15, -0.1) is 10.2 Å². The molecule has 0 aliphatic carbocycles. The maximum absolute atomic E-state index is 12.5. The summed E-state index contributed by atoms with van der Waals surface area (Å²) >= 11 is 7.37. The Morgan fingerprint density at radius 3 is 2.57 bits per heavy atom. The first-order valence-corrected chi connectivity index (χ1v) is 10.2. The van der Waals surface area contributed by atoms with Crippen molar-refractivity contribution < 1.29 is 19.0 Å². The zero-order valence-corrected chi connectivity index (χ0v) is 18.5. The van der Waals surface area contributed by atoms with Gasteiger partial charge in [0, 0.05) is 24.7 Å². The van der Waals surface area contributed by atoms with E-state index in [1.807, 2.05) is 35.9 Å². The maximum Gasteiger partial charge on any atom is 0.234 e. The summed E-state index contributed by atoms with van der Waals surface area (Å²) in [5.74, 6) is 2.21. The van der Waals surface area contributed by atoms with Gasteiger partial charge in [0.1, 0.15) is 17.2 Å². The van der Waals surface area contributed by atoms with Crippen LogP contribution in [0.25, 0.3) is 11.4 Å². The van der Waals surface area contributed by atoms with Gasteiger partial charge in [-0.1, -0.05) is 35.5 Å². The van der Waals surface area contributed by atoms with E-state index in [-0.39, 0.29) is 11.7 Å². The summed E-state index contributed by atoms with van der Waals surface area (Å²) in [6, 6.07) is 10.8. The highest BCUT2D eigenvalue weighted by Gasteiger charge is 2.16. The number of rotatable bonds is 8. The summed E-state index contributed by atoms with van der Waals surface area (Å²) in [6.45, 7) is 0. The van der Waals surface area contributed by atoms with Gasteiger partial charge in [-0.3, -0.25) is 4.79 Å². The highest BCUT2D eigenvalue weighted by Crippen LogP contribution is 2.36. The summed E-state index contributed by atoms with van der Waals surface area (Å²) in [5.41, 5.74) is 1.35. The molecule has 30 heavy (non-hydrogen) atoms. The van der Waals surface area contributed by atoms with Crippen molar-refractivity contribution in [3.63, 3.8) is 0 Å². The van der Waals surface area contributed by atoms with Gasteiger partial charge >= 0.3 is 0 Å². The Morgan fingerprint density at radius 1 is 1.10 bits per heavy atom. The molecule has 10 heteroatoms. The van der Waals surface area contributed by atoms with Crippen LogP contribution in [0.4, 0.5) is 5.69 Å². The molecule has 0 aliphatic rings. The van der Waals surface area contributed by atoms with Gasteiger partial charge < -0.3 is 24.1 Å². The van der Waals surface area contributed by atoms with E-state index in [1.54, 1.807) is 19.2 Å². The van der Waals surface area contributed by atoms with Crippen LogP contribution in [0, 0.1) is 0 Å². The van der Waals surface area contributed by atoms with Crippen molar-refractivity contribution in [3.05, 3.63) is 41.4 Å². The van der Waals surface area contributed by atoms with E-state index in [1.165, 1.54) is 26.0 Å². The monoisotopic (exact) mass is 448 g/mol. The lowest BCUT2D eigenvalue weighted by Gasteiger charge is -2.13. The third kappa shape index (κ3) is 4.80. The van der Waals surface area contributed by atoms with Crippen LogP contribution in [0.3, 0.4) is 0 Å². The summed E-state index contributed by atoms with van der Waals surface area (Å²) in [7, 11) is 6.47. The number of carbonyl (C=O) groups excluding carboxylic acids is 1. The predicted octanol–water partition coefficient (Wildman–Crippen LogP) is 3.89. The molecule has 1 aromatic heterocycles. The first kappa shape index (κ1) is 21.8. The van der Waals surface area contributed by atoms with Crippen LogP contribution in [0.2, 0.25) is 5.02 Å². The van der Waals surface area contributed by atoms with E-state index in [0.29, 0.717) is 33.2 Å². The summed E-state index contributed by atoms with van der Waals surface area (Å²) < 4.78 is 17.6. The number of nitrogens with one attached hydrogen (secondary N) is 1. The molecule has 1 N–H and O–H groups in total. The molecule has 0 fully saturated rings. The fraction of sp³-hybridized carbons (Fsp3) is 0.250. The Hall–Kier alpha value is -2.91. The van der Waals surface area contributed by atoms with E-state index in [9.17, 15) is 4.79 Å². The van der Waals surface area contributed by atoms with E-state index in [4.69, 9.17) is 25.8 Å². The average molecular weight is 449 g/mol. The molecule has 0 aliphatic heterocycles. The molecule has 2 aromatic carbocycles. The molecular formula is C20H21ClN4O4S. The van der Waals surface area contributed by atoms with Crippen molar-refractivity contribution in [2.45, 2.75) is 5.16 Å². The number of ether oxygens (including phenoxy) is 3. The number of carbonyl (C=O) groups is 1. The molecule has 1 amide bonds. The first-order valence-electron chi connectivity index (χ1n) is 8.84. The fourth-order valence-electron chi connectivity index (χ4n) is 2.73. The van der Waals surface area contributed by atoms with Crippen LogP contribution in [-0.2, 0) is 11.8 Å². The molecule has 0 bridgehead atoms. The number of hydrogen-bond donors (Lipinski definition) is 1. The minimum absolute atomic E-state index is 0.137. The van der Waals surface area contributed by atoms with Crippen LogP contribution in [0.1, 0.15) is 0 Å². The zero-order chi connectivity index (χ0) is 21.7. The van der Waals surface area contributed by atoms with Crippen molar-refractivity contribution in [2.24, 2.45) is 7.05 Å². The number of nitrogens with zero attached hydrogens (tertiary/aromatic N) is 3. The number of halogens is 1. The Bertz CT molecular complexity index is 1060. The summed E-state index contributed by atoms with van der Waals surface area (Å²) in [5, 5.41) is 12.2. The van der Waals surface area contributed by atoms with Gasteiger partial charge in [-0.05, 0) is 12.1 Å². The lowest BCUT2D eigenvalue weighted by Crippen LogP contribution is -2.15. The Morgan fingerprint density at radius 2 is 1.87 bits per heavy atom. The standard InChI is InChI=1S/C20H21ClN4O4S/c1-25-19(12-6-5-7-13(8-12)27-2)23-24-20(25)30-11-18(26)22-15-10-16(28-3)14(21)9-17(15)29-4/h5-10H,11H2,1-4H3,(H,22,26). The number of methoxy groups -OCH3 is 3. The second kappa shape index (κ2) is 9.73. The van der Waals surface area contributed by atoms with Gasteiger partial charge in [0.05, 0.1) is 37.8 Å². The van der Waals surface area contributed by atoms with Gasteiger partial charge in [0.25, 0.3) is 0 Å². The Kier molecular flexibility index (Phi) is 7.07. The molecular weight excluding hydrogens is 428 g/mol. The first-order chi connectivity index (χ1) is 14.5. The predicted molar refractivity (Wildman–Crippen MR) is 117 cm³/mol. The Labute approximate surface area is 183 Å². The molecule has 0 radical (unpaired) electrons. The molecule has 8 nitrogen and oxygen atoms in total. The molecule has 0 atom stereocenters. The molecule has 3 rings (SSSR count).